The number of terminal acetylenes is 1. The van der Waals surface area contributed by atoms with E-state index in [0.717, 1.165) is 24.8 Å². The molecule has 17 heavy (non-hydrogen) atoms. The summed E-state index contributed by atoms with van der Waals surface area (Å²) in [6.45, 7) is 3.91. The maximum atomic E-state index is 11.4. The molecule has 1 aliphatic rings. The summed E-state index contributed by atoms with van der Waals surface area (Å²) in [5, 5.41) is 5.81. The summed E-state index contributed by atoms with van der Waals surface area (Å²) in [6, 6.07) is 0. The van der Waals surface area contributed by atoms with Crippen LogP contribution in [0.3, 0.4) is 0 Å². The van der Waals surface area contributed by atoms with Gasteiger partial charge in [0.2, 0.25) is 5.91 Å². The van der Waals surface area contributed by atoms with E-state index in [-0.39, 0.29) is 5.91 Å². The highest BCUT2D eigenvalue weighted by atomic mass is 16.1. The minimum Gasteiger partial charge on any atom is -0.355 e. The number of carbonyl (C=O) groups excluding carboxylic acids is 1. The van der Waals surface area contributed by atoms with E-state index in [4.69, 9.17) is 6.42 Å². The van der Waals surface area contributed by atoms with E-state index >= 15 is 0 Å². The fourth-order valence-corrected chi connectivity index (χ4v) is 2.34. The quantitative estimate of drug-likeness (QED) is 0.542. The Morgan fingerprint density at radius 2 is 2.06 bits per heavy atom. The minimum atomic E-state index is 0.0458. The normalized spacial score (nSPS) is 24.0. The Labute approximate surface area is 105 Å². The Bertz CT molecular complexity index is 262. The molecule has 1 rings (SSSR count). The van der Waals surface area contributed by atoms with Crippen molar-refractivity contribution in [1.29, 1.82) is 0 Å². The minimum absolute atomic E-state index is 0.0458. The average Bonchev–Trinajstić information content (AvgIpc) is 2.32. The first-order chi connectivity index (χ1) is 8.22. The van der Waals surface area contributed by atoms with Crippen molar-refractivity contribution >= 4 is 5.91 Å². The maximum Gasteiger partial charge on any atom is 0.233 e. The highest BCUT2D eigenvalue weighted by molar-refractivity contribution is 5.77. The van der Waals surface area contributed by atoms with Crippen molar-refractivity contribution in [3.8, 4) is 12.3 Å². The Morgan fingerprint density at radius 1 is 1.35 bits per heavy atom. The van der Waals surface area contributed by atoms with Crippen molar-refractivity contribution in [2.45, 2.75) is 39.0 Å². The van der Waals surface area contributed by atoms with E-state index < -0.39 is 0 Å². The lowest BCUT2D eigenvalue weighted by Crippen LogP contribution is -2.35. The summed E-state index contributed by atoms with van der Waals surface area (Å²) < 4.78 is 0. The summed E-state index contributed by atoms with van der Waals surface area (Å²) >= 11 is 0. The second-order valence-corrected chi connectivity index (χ2v) is 5.07. The van der Waals surface area contributed by atoms with Gasteiger partial charge in [-0.05, 0) is 18.3 Å². The van der Waals surface area contributed by atoms with Crippen molar-refractivity contribution in [3.05, 3.63) is 0 Å². The first-order valence-electron chi connectivity index (χ1n) is 6.63. The fraction of sp³-hybridized carbons (Fsp3) is 0.786. The molecule has 1 aliphatic carbocycles. The molecule has 0 spiro atoms. The monoisotopic (exact) mass is 236 g/mol. The summed E-state index contributed by atoms with van der Waals surface area (Å²) in [6.07, 6.45) is 11.5. The number of nitrogens with one attached hydrogen (secondary N) is 2. The zero-order valence-electron chi connectivity index (χ0n) is 10.8. The second-order valence-electron chi connectivity index (χ2n) is 5.07. The van der Waals surface area contributed by atoms with Crippen molar-refractivity contribution < 1.29 is 4.79 Å². The number of amides is 1. The molecule has 1 saturated carbocycles. The van der Waals surface area contributed by atoms with Crippen molar-refractivity contribution in [2.75, 3.05) is 19.6 Å². The molecule has 0 aliphatic heterocycles. The van der Waals surface area contributed by atoms with Crippen LogP contribution in [0.1, 0.15) is 39.0 Å². The molecular formula is C14H24N2O. The molecule has 1 amide bonds. The number of carbonyl (C=O) groups is 1. The Kier molecular flexibility index (Phi) is 6.73. The second kappa shape index (κ2) is 8.14. The summed E-state index contributed by atoms with van der Waals surface area (Å²) in [5.41, 5.74) is 0. The lowest BCUT2D eigenvalue weighted by molar-refractivity contribution is -0.120. The van der Waals surface area contributed by atoms with Crippen LogP contribution >= 0.6 is 0 Å². The van der Waals surface area contributed by atoms with Crippen LogP contribution in [0.4, 0.5) is 0 Å². The van der Waals surface area contributed by atoms with Crippen LogP contribution in [-0.4, -0.2) is 25.5 Å². The largest absolute Gasteiger partial charge is 0.355 e. The molecule has 1 fully saturated rings. The molecule has 0 aromatic rings. The Balaban J connectivity index is 2.00. The van der Waals surface area contributed by atoms with Gasteiger partial charge in [0, 0.05) is 6.54 Å². The van der Waals surface area contributed by atoms with Crippen LogP contribution in [0, 0.1) is 24.2 Å². The molecule has 3 nitrogen and oxygen atoms in total. The zero-order chi connectivity index (χ0) is 12.5. The van der Waals surface area contributed by atoms with E-state index in [2.05, 4.69) is 23.5 Å². The van der Waals surface area contributed by atoms with Gasteiger partial charge in [-0.1, -0.05) is 38.5 Å². The van der Waals surface area contributed by atoms with E-state index in [1.807, 2.05) is 0 Å². The number of hydrogen-bond acceptors (Lipinski definition) is 2. The summed E-state index contributed by atoms with van der Waals surface area (Å²) in [4.78, 5) is 11.4. The van der Waals surface area contributed by atoms with Crippen LogP contribution in [0.25, 0.3) is 0 Å². The molecule has 0 aromatic carbocycles. The first kappa shape index (κ1) is 14.1. The maximum absolute atomic E-state index is 11.4. The van der Waals surface area contributed by atoms with Gasteiger partial charge in [-0.3, -0.25) is 10.1 Å². The van der Waals surface area contributed by atoms with Crippen LogP contribution in [0.2, 0.25) is 0 Å². The van der Waals surface area contributed by atoms with Gasteiger partial charge in [-0.25, -0.2) is 0 Å². The van der Waals surface area contributed by atoms with Gasteiger partial charge < -0.3 is 5.32 Å². The fourth-order valence-electron chi connectivity index (χ4n) is 2.34. The van der Waals surface area contributed by atoms with Crippen LogP contribution < -0.4 is 10.6 Å². The van der Waals surface area contributed by atoms with E-state index in [1.165, 1.54) is 25.7 Å². The molecular weight excluding hydrogens is 212 g/mol. The lowest BCUT2D eigenvalue weighted by Gasteiger charge is -2.26. The third-order valence-corrected chi connectivity index (χ3v) is 3.52. The predicted molar refractivity (Wildman–Crippen MR) is 70.5 cm³/mol. The lowest BCUT2D eigenvalue weighted by atomic mass is 9.81. The third-order valence-electron chi connectivity index (χ3n) is 3.52. The van der Waals surface area contributed by atoms with Gasteiger partial charge in [-0.15, -0.1) is 6.42 Å². The van der Waals surface area contributed by atoms with Crippen LogP contribution in [-0.2, 0) is 4.79 Å². The van der Waals surface area contributed by atoms with Gasteiger partial charge in [0.25, 0.3) is 0 Å². The highest BCUT2D eigenvalue weighted by Gasteiger charge is 2.17. The Morgan fingerprint density at radius 3 is 2.71 bits per heavy atom. The van der Waals surface area contributed by atoms with Gasteiger partial charge in [0.1, 0.15) is 0 Å². The van der Waals surface area contributed by atoms with Crippen molar-refractivity contribution in [1.82, 2.24) is 10.6 Å². The van der Waals surface area contributed by atoms with Crippen LogP contribution in [0.15, 0.2) is 0 Å². The predicted octanol–water partition coefficient (Wildman–Crippen LogP) is 1.54. The Hall–Kier alpha value is -1.01. The van der Waals surface area contributed by atoms with Gasteiger partial charge in [0.05, 0.1) is 13.1 Å². The number of rotatable bonds is 6. The molecule has 2 N–H and O–H groups in total. The van der Waals surface area contributed by atoms with E-state index in [1.54, 1.807) is 0 Å². The molecule has 96 valence electrons. The standard InChI is InChI=1S/C14H24N2O/c1-3-9-15-11-14(17)16-10-8-13-6-4-12(2)5-7-13/h1,12-13,15H,4-11H2,2H3,(H,16,17). The smallest absolute Gasteiger partial charge is 0.233 e. The van der Waals surface area contributed by atoms with Crippen LogP contribution in [0.5, 0.6) is 0 Å². The third kappa shape index (κ3) is 6.33. The SMILES string of the molecule is C#CCNCC(=O)NCCC1CCC(C)CC1. The highest BCUT2D eigenvalue weighted by Crippen LogP contribution is 2.29. The summed E-state index contributed by atoms with van der Waals surface area (Å²) in [7, 11) is 0. The zero-order valence-corrected chi connectivity index (χ0v) is 10.8. The number of hydrogen-bond donors (Lipinski definition) is 2. The van der Waals surface area contributed by atoms with E-state index in [9.17, 15) is 4.79 Å². The summed E-state index contributed by atoms with van der Waals surface area (Å²) in [5.74, 6) is 4.20. The van der Waals surface area contributed by atoms with Gasteiger partial charge in [0.15, 0.2) is 0 Å². The molecule has 0 saturated heterocycles. The van der Waals surface area contributed by atoms with Crippen molar-refractivity contribution in [3.63, 3.8) is 0 Å². The molecule has 0 bridgehead atoms. The topological polar surface area (TPSA) is 41.1 Å². The van der Waals surface area contributed by atoms with Gasteiger partial charge in [-0.2, -0.15) is 0 Å². The molecule has 3 heteroatoms. The molecule has 0 aromatic heterocycles. The molecule has 0 atom stereocenters. The average molecular weight is 236 g/mol. The molecule has 0 radical (unpaired) electrons. The first-order valence-corrected chi connectivity index (χ1v) is 6.63. The molecule has 0 unspecified atom stereocenters. The van der Waals surface area contributed by atoms with Crippen molar-refractivity contribution in [2.24, 2.45) is 11.8 Å². The molecule has 0 heterocycles. The van der Waals surface area contributed by atoms with E-state index in [0.29, 0.717) is 13.1 Å². The van der Waals surface area contributed by atoms with Gasteiger partial charge >= 0.3 is 0 Å².